The van der Waals surface area contributed by atoms with Crippen LogP contribution in [-0.4, -0.2) is 73.4 Å². The maximum Gasteiger partial charge on any atom is 0.0793 e. The second-order valence-electron chi connectivity index (χ2n) is 6.40. The van der Waals surface area contributed by atoms with E-state index in [9.17, 15) is 5.11 Å². The van der Waals surface area contributed by atoms with Gasteiger partial charge >= 0.3 is 0 Å². The fraction of sp³-hybridized carbons (Fsp3) is 1.00. The number of rotatable bonds is 6. The lowest BCUT2D eigenvalue weighted by molar-refractivity contribution is 0.0723. The van der Waals surface area contributed by atoms with E-state index < -0.39 is 0 Å². The van der Waals surface area contributed by atoms with Crippen molar-refractivity contribution in [2.45, 2.75) is 39.2 Å². The van der Waals surface area contributed by atoms with Crippen LogP contribution in [-0.2, 0) is 0 Å². The third kappa shape index (κ3) is 4.15. The van der Waals surface area contributed by atoms with E-state index in [0.29, 0.717) is 5.41 Å². The second-order valence-corrected chi connectivity index (χ2v) is 6.40. The number of aliphatic hydroxyl groups is 1. The molecule has 2 aliphatic heterocycles. The van der Waals surface area contributed by atoms with E-state index in [1.54, 1.807) is 0 Å². The summed E-state index contributed by atoms with van der Waals surface area (Å²) in [5, 5.41) is 13.6. The molecule has 2 N–H and O–H groups in total. The molecule has 0 amide bonds. The predicted molar refractivity (Wildman–Crippen MR) is 79.4 cm³/mol. The molecule has 0 aromatic rings. The van der Waals surface area contributed by atoms with Gasteiger partial charge in [0.1, 0.15) is 0 Å². The Kier molecular flexibility index (Phi) is 5.63. The van der Waals surface area contributed by atoms with Crippen LogP contribution in [0.5, 0.6) is 0 Å². The highest BCUT2D eigenvalue weighted by Crippen LogP contribution is 2.36. The zero-order valence-electron chi connectivity index (χ0n) is 12.7. The average molecular weight is 269 g/mol. The van der Waals surface area contributed by atoms with Gasteiger partial charge in [0.25, 0.3) is 0 Å². The van der Waals surface area contributed by atoms with Gasteiger partial charge in [-0.1, -0.05) is 13.8 Å². The van der Waals surface area contributed by atoms with Crippen LogP contribution in [0.4, 0.5) is 0 Å². The van der Waals surface area contributed by atoms with E-state index in [1.807, 2.05) is 0 Å². The molecule has 0 aliphatic carbocycles. The molecule has 0 radical (unpaired) electrons. The van der Waals surface area contributed by atoms with Crippen molar-refractivity contribution >= 4 is 0 Å². The van der Waals surface area contributed by atoms with E-state index >= 15 is 0 Å². The average Bonchev–Trinajstić information content (AvgIpc) is 2.84. The van der Waals surface area contributed by atoms with Crippen LogP contribution in [0.1, 0.15) is 33.1 Å². The Bertz CT molecular complexity index is 262. The Labute approximate surface area is 118 Å². The van der Waals surface area contributed by atoms with Crippen LogP contribution in [0.3, 0.4) is 0 Å². The summed E-state index contributed by atoms with van der Waals surface area (Å²) in [5.74, 6) is 0. The molecule has 19 heavy (non-hydrogen) atoms. The molecule has 4 nitrogen and oxygen atoms in total. The maximum absolute atomic E-state index is 10.3. The largest absolute Gasteiger partial charge is 0.390 e. The molecule has 2 fully saturated rings. The Morgan fingerprint density at radius 2 is 1.68 bits per heavy atom. The highest BCUT2D eigenvalue weighted by Gasteiger charge is 2.35. The molecule has 0 bridgehead atoms. The molecule has 0 aromatic carbocycles. The number of β-amino-alcohol motifs (C(OH)–C–C–N with tert-alkyl or cyclic N) is 1. The molecule has 2 saturated heterocycles. The summed E-state index contributed by atoms with van der Waals surface area (Å²) in [5.41, 5.74) is 0.523. The lowest BCUT2D eigenvalue weighted by Gasteiger charge is -2.31. The molecule has 2 aliphatic rings. The second kappa shape index (κ2) is 7.02. The molecule has 2 rings (SSSR count). The molecule has 112 valence electrons. The fourth-order valence-electron chi connectivity index (χ4n) is 3.56. The van der Waals surface area contributed by atoms with Crippen LogP contribution in [0.15, 0.2) is 0 Å². The third-order valence-electron chi connectivity index (χ3n) is 5.16. The first-order chi connectivity index (χ1) is 9.17. The lowest BCUT2D eigenvalue weighted by Crippen LogP contribution is -2.48. The minimum atomic E-state index is -0.192. The van der Waals surface area contributed by atoms with Gasteiger partial charge in [-0.3, -0.25) is 4.90 Å². The SMILES string of the molecule is CCC1(CC)CCN(CC(O)CN2CCNCC2)C1. The quantitative estimate of drug-likeness (QED) is 0.747. The van der Waals surface area contributed by atoms with Crippen LogP contribution in [0.25, 0.3) is 0 Å². The van der Waals surface area contributed by atoms with E-state index in [1.165, 1.54) is 32.4 Å². The number of nitrogens with zero attached hydrogens (tertiary/aromatic N) is 2. The predicted octanol–water partition coefficient (Wildman–Crippen LogP) is 0.765. The van der Waals surface area contributed by atoms with Crippen molar-refractivity contribution in [1.29, 1.82) is 0 Å². The molecule has 0 saturated carbocycles. The normalized spacial score (nSPS) is 26.7. The van der Waals surface area contributed by atoms with Gasteiger partial charge in [-0.15, -0.1) is 0 Å². The Morgan fingerprint density at radius 1 is 1.05 bits per heavy atom. The van der Waals surface area contributed by atoms with Crippen LogP contribution < -0.4 is 5.32 Å². The number of nitrogens with one attached hydrogen (secondary N) is 1. The molecule has 0 spiro atoms. The first-order valence-electron chi connectivity index (χ1n) is 8.01. The van der Waals surface area contributed by atoms with Gasteiger partial charge in [-0.05, 0) is 31.2 Å². The summed E-state index contributed by atoms with van der Waals surface area (Å²) < 4.78 is 0. The van der Waals surface area contributed by atoms with Gasteiger partial charge in [-0.2, -0.15) is 0 Å². The monoisotopic (exact) mass is 269 g/mol. The van der Waals surface area contributed by atoms with E-state index in [0.717, 1.165) is 39.3 Å². The summed E-state index contributed by atoms with van der Waals surface area (Å²) in [4.78, 5) is 4.85. The summed E-state index contributed by atoms with van der Waals surface area (Å²) in [6, 6.07) is 0. The van der Waals surface area contributed by atoms with Crippen molar-refractivity contribution in [3.63, 3.8) is 0 Å². The smallest absolute Gasteiger partial charge is 0.0793 e. The zero-order valence-corrected chi connectivity index (χ0v) is 12.7. The van der Waals surface area contributed by atoms with E-state index in [-0.39, 0.29) is 6.10 Å². The molecule has 1 atom stereocenters. The third-order valence-corrected chi connectivity index (χ3v) is 5.16. The number of likely N-dealkylation sites (tertiary alicyclic amines) is 1. The van der Waals surface area contributed by atoms with Crippen molar-refractivity contribution in [2.24, 2.45) is 5.41 Å². The van der Waals surface area contributed by atoms with Crippen molar-refractivity contribution in [1.82, 2.24) is 15.1 Å². The fourth-order valence-corrected chi connectivity index (χ4v) is 3.56. The van der Waals surface area contributed by atoms with Gasteiger partial charge in [-0.25, -0.2) is 0 Å². The molecule has 2 heterocycles. The topological polar surface area (TPSA) is 38.7 Å². The summed E-state index contributed by atoms with van der Waals surface area (Å²) in [6.45, 7) is 12.9. The number of hydrogen-bond donors (Lipinski definition) is 2. The van der Waals surface area contributed by atoms with Crippen molar-refractivity contribution in [3.8, 4) is 0 Å². The standard InChI is InChI=1S/C15H31N3O/c1-3-15(4-2)5-8-18(13-15)12-14(19)11-17-9-6-16-7-10-17/h14,16,19H,3-13H2,1-2H3. The van der Waals surface area contributed by atoms with Crippen molar-refractivity contribution < 1.29 is 5.11 Å². The zero-order chi connectivity index (χ0) is 13.7. The van der Waals surface area contributed by atoms with Crippen LogP contribution in [0.2, 0.25) is 0 Å². The Morgan fingerprint density at radius 3 is 2.26 bits per heavy atom. The van der Waals surface area contributed by atoms with Gasteiger partial charge in [0.05, 0.1) is 6.10 Å². The van der Waals surface area contributed by atoms with E-state index in [2.05, 4.69) is 29.0 Å². The summed E-state index contributed by atoms with van der Waals surface area (Å²) in [7, 11) is 0. The van der Waals surface area contributed by atoms with E-state index in [4.69, 9.17) is 0 Å². The molecule has 4 heteroatoms. The van der Waals surface area contributed by atoms with Gasteiger partial charge < -0.3 is 15.3 Å². The Hall–Kier alpha value is -0.160. The summed E-state index contributed by atoms with van der Waals surface area (Å²) >= 11 is 0. The first-order valence-corrected chi connectivity index (χ1v) is 8.01. The number of piperazine rings is 1. The van der Waals surface area contributed by atoms with Crippen LogP contribution >= 0.6 is 0 Å². The summed E-state index contributed by atoms with van der Waals surface area (Å²) in [6.07, 6.45) is 3.66. The lowest BCUT2D eigenvalue weighted by atomic mass is 9.82. The number of aliphatic hydroxyl groups excluding tert-OH is 1. The highest BCUT2D eigenvalue weighted by molar-refractivity contribution is 4.89. The first kappa shape index (κ1) is 15.2. The van der Waals surface area contributed by atoms with Crippen molar-refractivity contribution in [2.75, 3.05) is 52.4 Å². The maximum atomic E-state index is 10.3. The highest BCUT2D eigenvalue weighted by atomic mass is 16.3. The molecule has 1 unspecified atom stereocenters. The van der Waals surface area contributed by atoms with Gasteiger partial charge in [0, 0.05) is 45.8 Å². The number of hydrogen-bond acceptors (Lipinski definition) is 4. The minimum absolute atomic E-state index is 0.192. The van der Waals surface area contributed by atoms with Gasteiger partial charge in [0.15, 0.2) is 0 Å². The minimum Gasteiger partial charge on any atom is -0.390 e. The Balaban J connectivity index is 1.72. The molecule has 0 aromatic heterocycles. The molecular weight excluding hydrogens is 238 g/mol. The molecular formula is C15H31N3O. The van der Waals surface area contributed by atoms with Crippen LogP contribution in [0, 0.1) is 5.41 Å². The van der Waals surface area contributed by atoms with Crippen molar-refractivity contribution in [3.05, 3.63) is 0 Å². The van der Waals surface area contributed by atoms with Gasteiger partial charge in [0.2, 0.25) is 0 Å².